The van der Waals surface area contributed by atoms with Crippen LogP contribution in [0.1, 0.15) is 36.7 Å². The second-order valence-electron chi connectivity index (χ2n) is 10.1. The standard InChI is InChI=1S/C30H32N4O3/c1-30(2,3)19-11-14-26(37-6)25(17-19)33-29(36)28(35)23-12-13-24(22-10-8-7-9-21(22)23)32-20-15-16-31-27(18-20)34(4)5/h7-18H,1-6H3,(H,31,32)(H,33,36). The Labute approximate surface area is 217 Å². The van der Waals surface area contributed by atoms with Crippen molar-refractivity contribution in [3.63, 3.8) is 0 Å². The van der Waals surface area contributed by atoms with Crippen molar-refractivity contribution in [2.24, 2.45) is 0 Å². The van der Waals surface area contributed by atoms with Crippen molar-refractivity contribution in [2.75, 3.05) is 36.7 Å². The van der Waals surface area contributed by atoms with E-state index in [0.717, 1.165) is 28.1 Å². The first kappa shape index (κ1) is 25.7. The number of ketones is 1. The lowest BCUT2D eigenvalue weighted by Gasteiger charge is -2.21. The van der Waals surface area contributed by atoms with E-state index in [-0.39, 0.29) is 5.41 Å². The zero-order valence-electron chi connectivity index (χ0n) is 22.0. The fraction of sp³-hybridized carbons (Fsp3) is 0.233. The van der Waals surface area contributed by atoms with Crippen LogP contribution in [-0.2, 0) is 10.2 Å². The van der Waals surface area contributed by atoms with E-state index in [0.29, 0.717) is 22.4 Å². The van der Waals surface area contributed by atoms with Gasteiger partial charge in [0.1, 0.15) is 11.6 Å². The highest BCUT2D eigenvalue weighted by Crippen LogP contribution is 2.33. The Morgan fingerprint density at radius 1 is 0.892 bits per heavy atom. The Kier molecular flexibility index (Phi) is 7.16. The minimum Gasteiger partial charge on any atom is -0.495 e. The number of rotatable bonds is 7. The summed E-state index contributed by atoms with van der Waals surface area (Å²) in [7, 11) is 5.40. The summed E-state index contributed by atoms with van der Waals surface area (Å²) in [6, 6.07) is 20.5. The number of carbonyl (C=O) groups is 2. The number of hydrogen-bond donors (Lipinski definition) is 2. The number of methoxy groups -OCH3 is 1. The molecule has 0 atom stereocenters. The average Bonchev–Trinajstić information content (AvgIpc) is 2.88. The molecular formula is C30H32N4O3. The number of pyridine rings is 1. The van der Waals surface area contributed by atoms with E-state index in [1.807, 2.05) is 73.6 Å². The van der Waals surface area contributed by atoms with Gasteiger partial charge in [-0.15, -0.1) is 0 Å². The molecule has 4 aromatic rings. The first-order valence-electron chi connectivity index (χ1n) is 12.0. The van der Waals surface area contributed by atoms with Crippen LogP contribution in [0, 0.1) is 0 Å². The number of aromatic nitrogens is 1. The van der Waals surface area contributed by atoms with Gasteiger partial charge in [-0.05, 0) is 46.7 Å². The zero-order valence-corrected chi connectivity index (χ0v) is 22.0. The van der Waals surface area contributed by atoms with Gasteiger partial charge in [0.15, 0.2) is 0 Å². The van der Waals surface area contributed by atoms with Crippen molar-refractivity contribution < 1.29 is 14.3 Å². The topological polar surface area (TPSA) is 83.6 Å². The highest BCUT2D eigenvalue weighted by molar-refractivity contribution is 6.48. The molecular weight excluding hydrogens is 464 g/mol. The van der Waals surface area contributed by atoms with Gasteiger partial charge < -0.3 is 20.3 Å². The van der Waals surface area contributed by atoms with E-state index in [9.17, 15) is 9.59 Å². The van der Waals surface area contributed by atoms with Crippen LogP contribution in [0.5, 0.6) is 5.75 Å². The number of Topliss-reactive ketones (excluding diaryl/α,β-unsaturated/α-hetero) is 1. The summed E-state index contributed by atoms with van der Waals surface area (Å²) < 4.78 is 5.42. The Morgan fingerprint density at radius 2 is 1.62 bits per heavy atom. The monoisotopic (exact) mass is 496 g/mol. The molecule has 0 unspecified atom stereocenters. The van der Waals surface area contributed by atoms with E-state index in [1.54, 1.807) is 18.3 Å². The first-order valence-corrected chi connectivity index (χ1v) is 12.0. The van der Waals surface area contributed by atoms with Crippen LogP contribution in [0.15, 0.2) is 72.9 Å². The highest BCUT2D eigenvalue weighted by atomic mass is 16.5. The number of carbonyl (C=O) groups excluding carboxylic acids is 2. The highest BCUT2D eigenvalue weighted by Gasteiger charge is 2.23. The number of anilines is 4. The molecule has 2 N–H and O–H groups in total. The molecule has 190 valence electrons. The van der Waals surface area contributed by atoms with E-state index in [4.69, 9.17) is 4.74 Å². The summed E-state index contributed by atoms with van der Waals surface area (Å²) in [4.78, 5) is 32.7. The van der Waals surface area contributed by atoms with E-state index >= 15 is 0 Å². The quantitative estimate of drug-likeness (QED) is 0.235. The molecule has 0 aliphatic heterocycles. The minimum atomic E-state index is -0.722. The third-order valence-corrected chi connectivity index (χ3v) is 6.17. The molecule has 0 saturated heterocycles. The van der Waals surface area contributed by atoms with Crippen molar-refractivity contribution >= 4 is 45.3 Å². The molecule has 37 heavy (non-hydrogen) atoms. The van der Waals surface area contributed by atoms with Gasteiger partial charge in [0.2, 0.25) is 0 Å². The van der Waals surface area contributed by atoms with Gasteiger partial charge in [-0.25, -0.2) is 4.98 Å². The lowest BCUT2D eigenvalue weighted by molar-refractivity contribution is -0.112. The second-order valence-corrected chi connectivity index (χ2v) is 10.1. The van der Waals surface area contributed by atoms with Gasteiger partial charge in [0, 0.05) is 48.7 Å². The molecule has 0 spiro atoms. The lowest BCUT2D eigenvalue weighted by atomic mass is 9.87. The minimum absolute atomic E-state index is 0.128. The van der Waals surface area contributed by atoms with Gasteiger partial charge in [-0.2, -0.15) is 0 Å². The summed E-state index contributed by atoms with van der Waals surface area (Å²) in [6.45, 7) is 6.25. The Bertz CT molecular complexity index is 1470. The number of benzene rings is 3. The van der Waals surface area contributed by atoms with Crippen LogP contribution in [0.25, 0.3) is 10.8 Å². The summed E-state index contributed by atoms with van der Waals surface area (Å²) in [6.07, 6.45) is 1.74. The third-order valence-electron chi connectivity index (χ3n) is 6.17. The zero-order chi connectivity index (χ0) is 26.7. The summed E-state index contributed by atoms with van der Waals surface area (Å²) in [5.41, 5.74) is 3.37. The molecule has 4 rings (SSSR count). The molecule has 1 aromatic heterocycles. The molecule has 0 radical (unpaired) electrons. The van der Waals surface area contributed by atoms with Crippen molar-refractivity contribution in [3.8, 4) is 5.75 Å². The second kappa shape index (κ2) is 10.3. The van der Waals surface area contributed by atoms with Crippen molar-refractivity contribution in [2.45, 2.75) is 26.2 Å². The van der Waals surface area contributed by atoms with Crippen molar-refractivity contribution in [3.05, 3.63) is 84.1 Å². The molecule has 1 amide bonds. The lowest BCUT2D eigenvalue weighted by Crippen LogP contribution is -2.24. The molecule has 0 bridgehead atoms. The third kappa shape index (κ3) is 5.56. The fourth-order valence-corrected chi connectivity index (χ4v) is 4.08. The number of ether oxygens (including phenoxy) is 1. The molecule has 0 aliphatic carbocycles. The fourth-order valence-electron chi connectivity index (χ4n) is 4.08. The predicted molar refractivity (Wildman–Crippen MR) is 150 cm³/mol. The number of nitrogens with zero attached hydrogens (tertiary/aromatic N) is 2. The van der Waals surface area contributed by atoms with Gasteiger partial charge in [0.25, 0.3) is 11.7 Å². The smallest absolute Gasteiger partial charge is 0.296 e. The molecule has 3 aromatic carbocycles. The molecule has 7 nitrogen and oxygen atoms in total. The van der Waals surface area contributed by atoms with E-state index < -0.39 is 11.7 Å². The van der Waals surface area contributed by atoms with E-state index in [2.05, 4.69) is 36.4 Å². The first-order chi connectivity index (χ1) is 17.6. The maximum Gasteiger partial charge on any atom is 0.296 e. The Hall–Kier alpha value is -4.39. The van der Waals surface area contributed by atoms with Crippen molar-refractivity contribution in [1.29, 1.82) is 0 Å². The molecule has 0 fully saturated rings. The molecule has 0 saturated carbocycles. The largest absolute Gasteiger partial charge is 0.495 e. The van der Waals surface area contributed by atoms with Crippen LogP contribution in [0.3, 0.4) is 0 Å². The van der Waals surface area contributed by atoms with Crippen LogP contribution in [0.2, 0.25) is 0 Å². The maximum atomic E-state index is 13.3. The van der Waals surface area contributed by atoms with Gasteiger partial charge in [-0.1, -0.05) is 51.1 Å². The molecule has 7 heteroatoms. The van der Waals surface area contributed by atoms with Gasteiger partial charge in [0.05, 0.1) is 12.8 Å². The SMILES string of the molecule is COc1ccc(C(C)(C)C)cc1NC(=O)C(=O)c1ccc(Nc2ccnc(N(C)C)c2)c2ccccc12. The molecule has 0 aliphatic rings. The summed E-state index contributed by atoms with van der Waals surface area (Å²) in [5.74, 6) is -0.0264. The van der Waals surface area contributed by atoms with Crippen LogP contribution in [-0.4, -0.2) is 37.9 Å². The van der Waals surface area contributed by atoms with Crippen molar-refractivity contribution in [1.82, 2.24) is 4.98 Å². The number of hydrogen-bond acceptors (Lipinski definition) is 6. The normalized spacial score (nSPS) is 11.2. The Morgan fingerprint density at radius 3 is 2.30 bits per heavy atom. The van der Waals surface area contributed by atoms with E-state index in [1.165, 1.54) is 7.11 Å². The number of fused-ring (bicyclic) bond motifs is 1. The van der Waals surface area contributed by atoms with Crippen LogP contribution in [0.4, 0.5) is 22.9 Å². The summed E-state index contributed by atoms with van der Waals surface area (Å²) >= 11 is 0. The van der Waals surface area contributed by atoms with Crippen LogP contribution < -0.4 is 20.3 Å². The number of nitrogens with one attached hydrogen (secondary N) is 2. The maximum absolute atomic E-state index is 13.3. The van der Waals surface area contributed by atoms with Gasteiger partial charge in [-0.3, -0.25) is 9.59 Å². The average molecular weight is 497 g/mol. The number of amides is 1. The van der Waals surface area contributed by atoms with Crippen LogP contribution >= 0.6 is 0 Å². The summed E-state index contributed by atoms with van der Waals surface area (Å²) in [5, 5.41) is 7.70. The van der Waals surface area contributed by atoms with Gasteiger partial charge >= 0.3 is 0 Å². The molecule has 1 heterocycles. The predicted octanol–water partition coefficient (Wildman–Crippen LogP) is 6.17. The Balaban J connectivity index is 1.65.